The molecule has 2 heterocycles. The van der Waals surface area contributed by atoms with Gasteiger partial charge in [-0.15, -0.1) is 0 Å². The minimum atomic E-state index is 0.423. The first-order valence-electron chi connectivity index (χ1n) is 5.63. The van der Waals surface area contributed by atoms with Crippen LogP contribution in [0.3, 0.4) is 0 Å². The molecule has 3 rings (SSSR count). The molecular formula is C13H10Br2N4. The van der Waals surface area contributed by atoms with E-state index in [0.717, 1.165) is 31.4 Å². The molecule has 3 aromatic rings. The van der Waals surface area contributed by atoms with Crippen molar-refractivity contribution in [3.63, 3.8) is 0 Å². The van der Waals surface area contributed by atoms with E-state index in [0.29, 0.717) is 5.95 Å². The SMILES string of the molecule is Cc1cccc(-n2c(N)nc3cc(Br)cnc32)c1Br. The van der Waals surface area contributed by atoms with Crippen LogP contribution in [0.15, 0.2) is 39.4 Å². The highest BCUT2D eigenvalue weighted by Crippen LogP contribution is 2.30. The summed E-state index contributed by atoms with van der Waals surface area (Å²) >= 11 is 6.98. The Kier molecular flexibility index (Phi) is 3.06. The lowest BCUT2D eigenvalue weighted by molar-refractivity contribution is 1.07. The van der Waals surface area contributed by atoms with Gasteiger partial charge in [-0.25, -0.2) is 9.97 Å². The maximum absolute atomic E-state index is 6.03. The molecule has 0 saturated heterocycles. The largest absolute Gasteiger partial charge is 0.369 e. The molecule has 0 aliphatic carbocycles. The number of aromatic nitrogens is 3. The molecule has 2 aromatic heterocycles. The molecule has 0 unspecified atom stereocenters. The number of hydrogen-bond donors (Lipinski definition) is 1. The minimum absolute atomic E-state index is 0.423. The monoisotopic (exact) mass is 380 g/mol. The fourth-order valence-corrected chi connectivity index (χ4v) is 2.76. The van der Waals surface area contributed by atoms with Crippen LogP contribution in [-0.2, 0) is 0 Å². The van der Waals surface area contributed by atoms with Crippen LogP contribution < -0.4 is 5.73 Å². The fraction of sp³-hybridized carbons (Fsp3) is 0.0769. The second-order valence-electron chi connectivity index (χ2n) is 4.21. The molecule has 1 aromatic carbocycles. The van der Waals surface area contributed by atoms with Gasteiger partial charge in [-0.3, -0.25) is 4.57 Å². The maximum Gasteiger partial charge on any atom is 0.207 e. The first-order valence-corrected chi connectivity index (χ1v) is 7.21. The van der Waals surface area contributed by atoms with Crippen molar-refractivity contribution in [3.8, 4) is 5.69 Å². The van der Waals surface area contributed by atoms with Crippen molar-refractivity contribution in [1.29, 1.82) is 0 Å². The third kappa shape index (κ3) is 2.04. The lowest BCUT2D eigenvalue weighted by atomic mass is 10.2. The van der Waals surface area contributed by atoms with Crippen LogP contribution in [-0.4, -0.2) is 14.5 Å². The van der Waals surface area contributed by atoms with Crippen molar-refractivity contribution < 1.29 is 0 Å². The Labute approximate surface area is 126 Å². The summed E-state index contributed by atoms with van der Waals surface area (Å²) in [6.07, 6.45) is 1.74. The normalized spacial score (nSPS) is 11.1. The second kappa shape index (κ2) is 4.61. The number of fused-ring (bicyclic) bond motifs is 1. The molecule has 0 radical (unpaired) electrons. The number of nitrogens with two attached hydrogens (primary N) is 1. The molecule has 0 atom stereocenters. The summed E-state index contributed by atoms with van der Waals surface area (Å²) in [4.78, 5) is 8.75. The van der Waals surface area contributed by atoms with E-state index < -0.39 is 0 Å². The van der Waals surface area contributed by atoms with E-state index in [4.69, 9.17) is 5.73 Å². The van der Waals surface area contributed by atoms with E-state index in [2.05, 4.69) is 41.8 Å². The predicted molar refractivity (Wildman–Crippen MR) is 83.4 cm³/mol. The van der Waals surface area contributed by atoms with Crippen molar-refractivity contribution in [3.05, 3.63) is 45.0 Å². The number of rotatable bonds is 1. The van der Waals surface area contributed by atoms with Gasteiger partial charge in [-0.2, -0.15) is 0 Å². The molecule has 0 amide bonds. The molecule has 0 bridgehead atoms. The zero-order chi connectivity index (χ0) is 13.6. The van der Waals surface area contributed by atoms with Gasteiger partial charge in [-0.05, 0) is 56.5 Å². The zero-order valence-corrected chi connectivity index (χ0v) is 13.2. The Morgan fingerprint density at radius 1 is 1.26 bits per heavy atom. The third-order valence-corrected chi connectivity index (χ3v) is 4.37. The average Bonchev–Trinajstić information content (AvgIpc) is 2.68. The number of aryl methyl sites for hydroxylation is 1. The number of nitrogens with zero attached hydrogens (tertiary/aromatic N) is 3. The highest BCUT2D eigenvalue weighted by atomic mass is 79.9. The van der Waals surface area contributed by atoms with Gasteiger partial charge in [0.2, 0.25) is 5.95 Å². The van der Waals surface area contributed by atoms with Gasteiger partial charge < -0.3 is 5.73 Å². The summed E-state index contributed by atoms with van der Waals surface area (Å²) in [6.45, 7) is 2.03. The van der Waals surface area contributed by atoms with Gasteiger partial charge in [0.15, 0.2) is 5.65 Å². The van der Waals surface area contributed by atoms with Crippen LogP contribution >= 0.6 is 31.9 Å². The van der Waals surface area contributed by atoms with E-state index in [1.807, 2.05) is 35.8 Å². The Hall–Kier alpha value is -1.40. The van der Waals surface area contributed by atoms with Gasteiger partial charge in [0.25, 0.3) is 0 Å². The summed E-state index contributed by atoms with van der Waals surface area (Å²) in [6, 6.07) is 7.91. The number of benzene rings is 1. The Bertz CT molecular complexity index is 780. The summed E-state index contributed by atoms with van der Waals surface area (Å²) in [5.41, 5.74) is 9.61. The first-order chi connectivity index (χ1) is 9.08. The second-order valence-corrected chi connectivity index (χ2v) is 5.92. The summed E-state index contributed by atoms with van der Waals surface area (Å²) < 4.78 is 3.72. The van der Waals surface area contributed by atoms with E-state index in [9.17, 15) is 0 Å². The standard InChI is InChI=1S/C13H10Br2N4/c1-7-3-2-4-10(11(7)15)19-12-9(18-13(19)16)5-8(14)6-17-12/h2-6H,1H3,(H2,16,18). The molecule has 2 N–H and O–H groups in total. The van der Waals surface area contributed by atoms with Crippen LogP contribution in [0.4, 0.5) is 5.95 Å². The van der Waals surface area contributed by atoms with Crippen LogP contribution in [0.5, 0.6) is 0 Å². The molecule has 0 spiro atoms. The Morgan fingerprint density at radius 2 is 2.05 bits per heavy atom. The van der Waals surface area contributed by atoms with Gasteiger partial charge >= 0.3 is 0 Å². The molecule has 0 saturated carbocycles. The summed E-state index contributed by atoms with van der Waals surface area (Å²) in [5, 5.41) is 0. The molecule has 4 nitrogen and oxygen atoms in total. The third-order valence-electron chi connectivity index (χ3n) is 2.90. The highest BCUT2D eigenvalue weighted by molar-refractivity contribution is 9.10. The fourth-order valence-electron chi connectivity index (χ4n) is 2.00. The predicted octanol–water partition coefficient (Wildman–Crippen LogP) is 3.84. The highest BCUT2D eigenvalue weighted by Gasteiger charge is 2.14. The van der Waals surface area contributed by atoms with E-state index in [1.54, 1.807) is 6.20 Å². The van der Waals surface area contributed by atoms with E-state index in [-0.39, 0.29) is 0 Å². The van der Waals surface area contributed by atoms with Crippen LogP contribution in [0.1, 0.15) is 5.56 Å². The molecule has 96 valence electrons. The van der Waals surface area contributed by atoms with Crippen molar-refractivity contribution in [2.75, 3.05) is 5.73 Å². The Morgan fingerprint density at radius 3 is 2.84 bits per heavy atom. The molecule has 19 heavy (non-hydrogen) atoms. The van der Waals surface area contributed by atoms with Gasteiger partial charge in [-0.1, -0.05) is 12.1 Å². The molecule has 6 heteroatoms. The maximum atomic E-state index is 6.03. The minimum Gasteiger partial charge on any atom is -0.369 e. The molecular weight excluding hydrogens is 372 g/mol. The number of hydrogen-bond acceptors (Lipinski definition) is 3. The van der Waals surface area contributed by atoms with Crippen LogP contribution in [0.25, 0.3) is 16.9 Å². The van der Waals surface area contributed by atoms with Gasteiger partial charge in [0.05, 0.1) is 5.69 Å². The average molecular weight is 382 g/mol. The van der Waals surface area contributed by atoms with Crippen molar-refractivity contribution in [2.45, 2.75) is 6.92 Å². The van der Waals surface area contributed by atoms with Crippen molar-refractivity contribution in [1.82, 2.24) is 14.5 Å². The van der Waals surface area contributed by atoms with Gasteiger partial charge in [0, 0.05) is 15.1 Å². The van der Waals surface area contributed by atoms with E-state index >= 15 is 0 Å². The number of pyridine rings is 1. The topological polar surface area (TPSA) is 56.7 Å². The zero-order valence-electron chi connectivity index (χ0n) is 10.1. The molecule has 0 aliphatic rings. The molecule has 0 fully saturated rings. The van der Waals surface area contributed by atoms with Gasteiger partial charge in [0.1, 0.15) is 5.52 Å². The van der Waals surface area contributed by atoms with Crippen molar-refractivity contribution in [2.24, 2.45) is 0 Å². The first kappa shape index (κ1) is 12.6. The number of nitrogen functional groups attached to an aromatic ring is 1. The lowest BCUT2D eigenvalue weighted by Crippen LogP contribution is -2.02. The Balaban J connectivity index is 2.36. The molecule has 0 aliphatic heterocycles. The van der Waals surface area contributed by atoms with Crippen molar-refractivity contribution >= 4 is 49.0 Å². The lowest BCUT2D eigenvalue weighted by Gasteiger charge is -2.10. The summed E-state index contributed by atoms with van der Waals surface area (Å²) in [5.74, 6) is 0.423. The number of halogens is 2. The quantitative estimate of drug-likeness (QED) is 0.696. The number of imidazole rings is 1. The van der Waals surface area contributed by atoms with E-state index in [1.165, 1.54) is 0 Å². The van der Waals surface area contributed by atoms with Crippen LogP contribution in [0, 0.1) is 6.92 Å². The smallest absolute Gasteiger partial charge is 0.207 e. The van der Waals surface area contributed by atoms with Crippen LogP contribution in [0.2, 0.25) is 0 Å². The summed E-state index contributed by atoms with van der Waals surface area (Å²) in [7, 11) is 0. The number of anilines is 1.